The summed E-state index contributed by atoms with van der Waals surface area (Å²) in [6.45, 7) is 1.41. The molecule has 0 atom stereocenters. The molecule has 0 unspecified atom stereocenters. The number of hydrogen-bond acceptors (Lipinski definition) is 3. The lowest BCUT2D eigenvalue weighted by Crippen LogP contribution is -2.32. The Kier molecular flexibility index (Phi) is 5.82. The summed E-state index contributed by atoms with van der Waals surface area (Å²) in [4.78, 5) is 0. The van der Waals surface area contributed by atoms with Gasteiger partial charge in [0.05, 0.1) is 24.9 Å². The van der Waals surface area contributed by atoms with E-state index in [0.29, 0.717) is 19.4 Å². The molecule has 0 aliphatic rings. The normalized spacial score (nSPS) is 11.3. The first kappa shape index (κ1) is 14.7. The quantitative estimate of drug-likeness (QED) is 0.430. The second kappa shape index (κ2) is 7.13. The number of imidazole rings is 1. The summed E-state index contributed by atoms with van der Waals surface area (Å²) in [5.74, 6) is -0.215. The topological polar surface area (TPSA) is 87.0 Å². The van der Waals surface area contributed by atoms with Crippen LogP contribution in [0.1, 0.15) is 25.7 Å². The van der Waals surface area contributed by atoms with E-state index >= 15 is 0 Å². The van der Waals surface area contributed by atoms with E-state index in [0.717, 1.165) is 19.4 Å². The van der Waals surface area contributed by atoms with E-state index < -0.39 is 10.1 Å². The van der Waals surface area contributed by atoms with Crippen LogP contribution in [0, 0.1) is 11.3 Å². The van der Waals surface area contributed by atoms with Gasteiger partial charge in [0.25, 0.3) is 10.1 Å². The van der Waals surface area contributed by atoms with Gasteiger partial charge in [0.15, 0.2) is 0 Å². The molecule has 0 radical (unpaired) electrons. The number of aryl methyl sites for hydroxylation is 2. The Morgan fingerprint density at radius 1 is 1.33 bits per heavy atom. The van der Waals surface area contributed by atoms with Crippen LogP contribution in [0.3, 0.4) is 0 Å². The fraction of sp³-hybridized carbons (Fsp3) is 0.636. The van der Waals surface area contributed by atoms with Crippen LogP contribution in [0.5, 0.6) is 0 Å². The summed E-state index contributed by atoms with van der Waals surface area (Å²) in [6, 6.07) is 2.11. The molecule has 0 bridgehead atoms. The van der Waals surface area contributed by atoms with Gasteiger partial charge < -0.3 is 0 Å². The van der Waals surface area contributed by atoms with Crippen molar-refractivity contribution in [2.45, 2.75) is 38.8 Å². The molecule has 1 heterocycles. The molecule has 18 heavy (non-hydrogen) atoms. The number of rotatable bonds is 8. The molecular formula is C11H18N3O3S+. The molecule has 0 fully saturated rings. The second-order valence-electron chi connectivity index (χ2n) is 4.14. The molecule has 7 heteroatoms. The van der Waals surface area contributed by atoms with Gasteiger partial charge in [0, 0.05) is 12.8 Å². The largest absolute Gasteiger partial charge is 0.286 e. The van der Waals surface area contributed by atoms with Gasteiger partial charge in [-0.05, 0) is 12.8 Å². The third-order valence-electron chi connectivity index (χ3n) is 2.52. The highest BCUT2D eigenvalue weighted by Gasteiger charge is 2.07. The summed E-state index contributed by atoms with van der Waals surface area (Å²) in [7, 11) is -3.86. The third kappa shape index (κ3) is 6.37. The van der Waals surface area contributed by atoms with Crippen molar-refractivity contribution < 1.29 is 17.5 Å². The van der Waals surface area contributed by atoms with Crippen LogP contribution in [0.15, 0.2) is 18.7 Å². The van der Waals surface area contributed by atoms with E-state index in [9.17, 15) is 8.42 Å². The highest BCUT2D eigenvalue weighted by atomic mass is 32.2. The van der Waals surface area contributed by atoms with Gasteiger partial charge in [-0.3, -0.25) is 4.55 Å². The maximum Gasteiger partial charge on any atom is 0.265 e. The van der Waals surface area contributed by atoms with Crippen LogP contribution < -0.4 is 4.57 Å². The van der Waals surface area contributed by atoms with Crippen molar-refractivity contribution in [1.29, 1.82) is 5.26 Å². The van der Waals surface area contributed by atoms with Gasteiger partial charge in [-0.15, -0.1) is 0 Å². The van der Waals surface area contributed by atoms with Crippen LogP contribution in [0.25, 0.3) is 0 Å². The second-order valence-corrected chi connectivity index (χ2v) is 5.72. The molecule has 100 valence electrons. The maximum atomic E-state index is 10.5. The van der Waals surface area contributed by atoms with Gasteiger partial charge in [0.2, 0.25) is 6.33 Å². The first-order chi connectivity index (χ1) is 8.51. The van der Waals surface area contributed by atoms with Crippen LogP contribution in [-0.4, -0.2) is 23.3 Å². The minimum atomic E-state index is -3.86. The molecule has 0 aliphatic carbocycles. The average molecular weight is 272 g/mol. The lowest BCUT2D eigenvalue weighted by atomic mass is 10.2. The number of hydrogen-bond donors (Lipinski definition) is 1. The zero-order valence-electron chi connectivity index (χ0n) is 10.2. The zero-order valence-corrected chi connectivity index (χ0v) is 11.0. The van der Waals surface area contributed by atoms with E-state index in [2.05, 4.69) is 6.07 Å². The number of aromatic nitrogens is 2. The predicted molar refractivity (Wildman–Crippen MR) is 65.1 cm³/mol. The maximum absolute atomic E-state index is 10.5. The Bertz CT molecular complexity index is 502. The molecule has 1 aromatic heterocycles. The summed E-state index contributed by atoms with van der Waals surface area (Å²) in [5, 5.41) is 8.40. The molecular weight excluding hydrogens is 254 g/mol. The summed E-state index contributed by atoms with van der Waals surface area (Å²) in [6.07, 6.45) is 8.49. The van der Waals surface area contributed by atoms with Crippen molar-refractivity contribution in [3.63, 3.8) is 0 Å². The molecule has 1 rings (SSSR count). The molecule has 6 nitrogen and oxygen atoms in total. The highest BCUT2D eigenvalue weighted by Crippen LogP contribution is 1.97. The number of nitriles is 1. The Morgan fingerprint density at radius 3 is 2.78 bits per heavy atom. The van der Waals surface area contributed by atoms with Gasteiger partial charge in [-0.25, -0.2) is 9.13 Å². The van der Waals surface area contributed by atoms with Gasteiger partial charge >= 0.3 is 0 Å². The van der Waals surface area contributed by atoms with E-state index in [1.165, 1.54) is 0 Å². The van der Waals surface area contributed by atoms with E-state index in [-0.39, 0.29) is 5.75 Å². The van der Waals surface area contributed by atoms with Gasteiger partial charge in [-0.1, -0.05) is 0 Å². The number of unbranched alkanes of at least 4 members (excludes halogenated alkanes) is 2. The lowest BCUT2D eigenvalue weighted by molar-refractivity contribution is -0.696. The average Bonchev–Trinajstić information content (AvgIpc) is 2.71. The lowest BCUT2D eigenvalue weighted by Gasteiger charge is -1.96. The molecule has 1 aromatic rings. The monoisotopic (exact) mass is 272 g/mol. The molecule has 0 aromatic carbocycles. The predicted octanol–water partition coefficient (Wildman–Crippen LogP) is 0.747. The fourth-order valence-corrected chi connectivity index (χ4v) is 2.13. The molecule has 0 saturated carbocycles. The molecule has 1 N–H and O–H groups in total. The Hall–Kier alpha value is -1.39. The first-order valence-corrected chi connectivity index (χ1v) is 7.49. The minimum absolute atomic E-state index is 0.215. The van der Waals surface area contributed by atoms with Crippen molar-refractivity contribution >= 4 is 10.1 Å². The van der Waals surface area contributed by atoms with Crippen LogP contribution >= 0.6 is 0 Å². The molecule has 0 saturated heterocycles. The summed E-state index contributed by atoms with van der Waals surface area (Å²) in [5.41, 5.74) is 0. The molecule has 0 amide bonds. The standard InChI is InChI=1S/C11H17N3O3S/c12-5-2-1-3-6-13-8-9-14(11-13)7-4-10-18(15,16)17/h8-9,11H,1-4,6-7,10H2/p+1. The Labute approximate surface area is 107 Å². The van der Waals surface area contributed by atoms with Crippen molar-refractivity contribution in [3.8, 4) is 6.07 Å². The highest BCUT2D eigenvalue weighted by molar-refractivity contribution is 7.85. The fourth-order valence-electron chi connectivity index (χ4n) is 1.63. The van der Waals surface area contributed by atoms with E-state index in [4.69, 9.17) is 9.81 Å². The van der Waals surface area contributed by atoms with Crippen LogP contribution in [-0.2, 0) is 23.2 Å². The van der Waals surface area contributed by atoms with Gasteiger partial charge in [0.1, 0.15) is 12.4 Å². The third-order valence-corrected chi connectivity index (χ3v) is 3.32. The minimum Gasteiger partial charge on any atom is -0.286 e. The molecule has 0 aliphatic heterocycles. The van der Waals surface area contributed by atoms with E-state index in [1.807, 2.05) is 27.9 Å². The Morgan fingerprint density at radius 2 is 2.11 bits per heavy atom. The SMILES string of the molecule is N#CCCCCn1cc[n+](CCCS(=O)(=O)O)c1. The van der Waals surface area contributed by atoms with Crippen molar-refractivity contribution in [2.75, 3.05) is 5.75 Å². The summed E-state index contributed by atoms with van der Waals surface area (Å²) < 4.78 is 33.6. The summed E-state index contributed by atoms with van der Waals surface area (Å²) >= 11 is 0. The smallest absolute Gasteiger partial charge is 0.265 e. The van der Waals surface area contributed by atoms with Gasteiger partial charge in [-0.2, -0.15) is 13.7 Å². The zero-order chi connectivity index (χ0) is 13.4. The van der Waals surface area contributed by atoms with Crippen molar-refractivity contribution in [2.24, 2.45) is 0 Å². The van der Waals surface area contributed by atoms with Crippen LogP contribution in [0.2, 0.25) is 0 Å². The van der Waals surface area contributed by atoms with Crippen molar-refractivity contribution in [1.82, 2.24) is 4.57 Å². The number of nitrogens with zero attached hydrogens (tertiary/aromatic N) is 3. The van der Waals surface area contributed by atoms with Crippen molar-refractivity contribution in [3.05, 3.63) is 18.7 Å². The van der Waals surface area contributed by atoms with E-state index in [1.54, 1.807) is 0 Å². The molecule has 0 spiro atoms. The Balaban J connectivity index is 2.28. The first-order valence-electron chi connectivity index (χ1n) is 5.88. The van der Waals surface area contributed by atoms with Crippen LogP contribution in [0.4, 0.5) is 0 Å².